The standard InChI is InChI=1S/C14H13Cl3N2/c1-8-3-6-13(9(2)19-8)18-7-10-11(15)4-5-12(16)14(10)17/h3-6,18H,7H2,1-2H3. The number of aryl methyl sites for hydroxylation is 2. The lowest BCUT2D eigenvalue weighted by molar-refractivity contribution is 1.08. The second-order valence-electron chi connectivity index (χ2n) is 4.26. The first kappa shape index (κ1) is 14.4. The molecule has 1 aromatic heterocycles. The summed E-state index contributed by atoms with van der Waals surface area (Å²) in [5, 5.41) is 4.86. The zero-order valence-corrected chi connectivity index (χ0v) is 12.9. The van der Waals surface area contributed by atoms with Crippen molar-refractivity contribution in [1.82, 2.24) is 4.98 Å². The number of hydrogen-bond acceptors (Lipinski definition) is 2. The van der Waals surface area contributed by atoms with Crippen LogP contribution in [0, 0.1) is 13.8 Å². The zero-order valence-electron chi connectivity index (χ0n) is 10.6. The molecule has 19 heavy (non-hydrogen) atoms. The molecule has 0 saturated heterocycles. The van der Waals surface area contributed by atoms with Crippen molar-refractivity contribution in [3.8, 4) is 0 Å². The Kier molecular flexibility index (Phi) is 4.56. The molecule has 2 aromatic rings. The number of benzene rings is 1. The van der Waals surface area contributed by atoms with Crippen LogP contribution in [-0.2, 0) is 6.54 Å². The summed E-state index contributed by atoms with van der Waals surface area (Å²) >= 11 is 18.3. The fourth-order valence-corrected chi connectivity index (χ4v) is 2.47. The van der Waals surface area contributed by atoms with Crippen LogP contribution in [0.2, 0.25) is 15.1 Å². The third kappa shape index (κ3) is 3.33. The van der Waals surface area contributed by atoms with Crippen LogP contribution in [0.15, 0.2) is 24.3 Å². The summed E-state index contributed by atoms with van der Waals surface area (Å²) in [6, 6.07) is 7.38. The number of rotatable bonds is 3. The van der Waals surface area contributed by atoms with Gasteiger partial charge in [-0.2, -0.15) is 0 Å². The van der Waals surface area contributed by atoms with Crippen molar-refractivity contribution >= 4 is 40.5 Å². The van der Waals surface area contributed by atoms with Crippen LogP contribution >= 0.6 is 34.8 Å². The predicted molar refractivity (Wildman–Crippen MR) is 82.5 cm³/mol. The molecule has 0 amide bonds. The maximum absolute atomic E-state index is 6.16. The van der Waals surface area contributed by atoms with Crippen molar-refractivity contribution in [2.24, 2.45) is 0 Å². The number of halogens is 3. The normalized spacial score (nSPS) is 10.6. The lowest BCUT2D eigenvalue weighted by atomic mass is 10.2. The fraction of sp³-hybridized carbons (Fsp3) is 0.214. The third-order valence-electron chi connectivity index (χ3n) is 2.82. The summed E-state index contributed by atoms with van der Waals surface area (Å²) in [5.41, 5.74) is 3.67. The molecule has 0 saturated carbocycles. The van der Waals surface area contributed by atoms with Crippen LogP contribution in [0.25, 0.3) is 0 Å². The molecular formula is C14H13Cl3N2. The molecule has 0 unspecified atom stereocenters. The Morgan fingerprint density at radius 3 is 2.37 bits per heavy atom. The molecule has 1 heterocycles. The van der Waals surface area contributed by atoms with Crippen molar-refractivity contribution in [3.63, 3.8) is 0 Å². The van der Waals surface area contributed by atoms with Gasteiger partial charge in [-0.1, -0.05) is 34.8 Å². The summed E-state index contributed by atoms with van der Waals surface area (Å²) in [6.45, 7) is 4.42. The SMILES string of the molecule is Cc1ccc(NCc2c(Cl)ccc(Cl)c2Cl)c(C)n1. The molecule has 0 radical (unpaired) electrons. The van der Waals surface area contributed by atoms with Gasteiger partial charge in [-0.25, -0.2) is 0 Å². The Hall–Kier alpha value is -0.960. The molecule has 2 rings (SSSR count). The topological polar surface area (TPSA) is 24.9 Å². The van der Waals surface area contributed by atoms with Crippen molar-refractivity contribution in [2.45, 2.75) is 20.4 Å². The van der Waals surface area contributed by atoms with Gasteiger partial charge in [-0.3, -0.25) is 4.98 Å². The zero-order chi connectivity index (χ0) is 14.0. The van der Waals surface area contributed by atoms with E-state index < -0.39 is 0 Å². The van der Waals surface area contributed by atoms with Crippen LogP contribution in [0.3, 0.4) is 0 Å². The van der Waals surface area contributed by atoms with E-state index in [1.807, 2.05) is 26.0 Å². The van der Waals surface area contributed by atoms with E-state index in [0.29, 0.717) is 21.6 Å². The van der Waals surface area contributed by atoms with Gasteiger partial charge >= 0.3 is 0 Å². The van der Waals surface area contributed by atoms with Crippen LogP contribution < -0.4 is 5.32 Å². The Balaban J connectivity index is 2.21. The maximum Gasteiger partial charge on any atom is 0.0657 e. The molecule has 0 aliphatic carbocycles. The van der Waals surface area contributed by atoms with Crippen molar-refractivity contribution in [2.75, 3.05) is 5.32 Å². The number of pyridine rings is 1. The average molecular weight is 316 g/mol. The van der Waals surface area contributed by atoms with Gasteiger partial charge in [-0.15, -0.1) is 0 Å². The van der Waals surface area contributed by atoms with Gasteiger partial charge in [0, 0.05) is 22.8 Å². The van der Waals surface area contributed by atoms with Gasteiger partial charge in [0.15, 0.2) is 0 Å². The largest absolute Gasteiger partial charge is 0.379 e. The molecule has 0 bridgehead atoms. The molecule has 0 aliphatic rings. The minimum absolute atomic E-state index is 0.486. The molecule has 0 atom stereocenters. The van der Waals surface area contributed by atoms with Crippen molar-refractivity contribution in [1.29, 1.82) is 0 Å². The van der Waals surface area contributed by atoms with E-state index in [0.717, 1.165) is 22.6 Å². The molecule has 0 spiro atoms. The summed E-state index contributed by atoms with van der Waals surface area (Å²) in [6.07, 6.45) is 0. The second kappa shape index (κ2) is 6.00. The minimum Gasteiger partial charge on any atom is -0.379 e. The third-order valence-corrected chi connectivity index (χ3v) is 4.02. The minimum atomic E-state index is 0.486. The first-order valence-corrected chi connectivity index (χ1v) is 6.93. The van der Waals surface area contributed by atoms with E-state index in [-0.39, 0.29) is 0 Å². The Labute approximate surface area is 127 Å². The monoisotopic (exact) mass is 314 g/mol. The van der Waals surface area contributed by atoms with Crippen LogP contribution in [-0.4, -0.2) is 4.98 Å². The van der Waals surface area contributed by atoms with Gasteiger partial charge in [0.25, 0.3) is 0 Å². The Bertz CT molecular complexity index is 612. The number of hydrogen-bond donors (Lipinski definition) is 1. The number of anilines is 1. The van der Waals surface area contributed by atoms with Gasteiger partial charge in [0.2, 0.25) is 0 Å². The smallest absolute Gasteiger partial charge is 0.0657 e. The van der Waals surface area contributed by atoms with Crippen LogP contribution in [0.1, 0.15) is 17.0 Å². The maximum atomic E-state index is 6.16. The summed E-state index contributed by atoms with van der Waals surface area (Å²) < 4.78 is 0. The highest BCUT2D eigenvalue weighted by Gasteiger charge is 2.10. The van der Waals surface area contributed by atoms with Gasteiger partial charge < -0.3 is 5.32 Å². The molecule has 5 heteroatoms. The molecule has 100 valence electrons. The Morgan fingerprint density at radius 1 is 1.00 bits per heavy atom. The number of aromatic nitrogens is 1. The van der Waals surface area contributed by atoms with Gasteiger partial charge in [0.1, 0.15) is 0 Å². The van der Waals surface area contributed by atoms with E-state index >= 15 is 0 Å². The average Bonchev–Trinajstić information content (AvgIpc) is 2.36. The molecule has 0 aliphatic heterocycles. The highest BCUT2D eigenvalue weighted by molar-refractivity contribution is 6.44. The van der Waals surface area contributed by atoms with Crippen molar-refractivity contribution in [3.05, 3.63) is 56.3 Å². The predicted octanol–water partition coefficient (Wildman–Crippen LogP) is 5.27. The van der Waals surface area contributed by atoms with E-state index in [1.54, 1.807) is 12.1 Å². The molecular weight excluding hydrogens is 303 g/mol. The van der Waals surface area contributed by atoms with E-state index in [1.165, 1.54) is 0 Å². The first-order valence-electron chi connectivity index (χ1n) is 5.79. The van der Waals surface area contributed by atoms with Gasteiger partial charge in [0.05, 0.1) is 21.4 Å². The Morgan fingerprint density at radius 2 is 1.68 bits per heavy atom. The number of nitrogens with zero attached hydrogens (tertiary/aromatic N) is 1. The summed E-state index contributed by atoms with van der Waals surface area (Å²) in [4.78, 5) is 4.39. The van der Waals surface area contributed by atoms with E-state index in [2.05, 4.69) is 10.3 Å². The van der Waals surface area contributed by atoms with E-state index in [4.69, 9.17) is 34.8 Å². The highest BCUT2D eigenvalue weighted by Crippen LogP contribution is 2.32. The first-order chi connectivity index (χ1) is 8.99. The molecule has 1 aromatic carbocycles. The van der Waals surface area contributed by atoms with Crippen LogP contribution in [0.5, 0.6) is 0 Å². The summed E-state index contributed by atoms with van der Waals surface area (Å²) in [5.74, 6) is 0. The molecule has 2 nitrogen and oxygen atoms in total. The molecule has 1 N–H and O–H groups in total. The van der Waals surface area contributed by atoms with Crippen molar-refractivity contribution < 1.29 is 0 Å². The van der Waals surface area contributed by atoms with Crippen LogP contribution in [0.4, 0.5) is 5.69 Å². The lowest BCUT2D eigenvalue weighted by Gasteiger charge is -2.12. The number of nitrogens with one attached hydrogen (secondary N) is 1. The quantitative estimate of drug-likeness (QED) is 0.780. The summed E-state index contributed by atoms with van der Waals surface area (Å²) in [7, 11) is 0. The lowest BCUT2D eigenvalue weighted by Crippen LogP contribution is -2.04. The highest BCUT2D eigenvalue weighted by atomic mass is 35.5. The van der Waals surface area contributed by atoms with Gasteiger partial charge in [-0.05, 0) is 38.1 Å². The second-order valence-corrected chi connectivity index (χ2v) is 5.45. The fourth-order valence-electron chi connectivity index (χ4n) is 1.79. The molecule has 0 fully saturated rings. The van der Waals surface area contributed by atoms with E-state index in [9.17, 15) is 0 Å².